The van der Waals surface area contributed by atoms with Gasteiger partial charge in [0.05, 0.1) is 70.0 Å². The van der Waals surface area contributed by atoms with Crippen molar-refractivity contribution in [3.05, 3.63) is 12.2 Å². The first-order valence-corrected chi connectivity index (χ1v) is 15.1. The highest BCUT2D eigenvalue weighted by molar-refractivity contribution is 5.77. The van der Waals surface area contributed by atoms with Crippen molar-refractivity contribution in [2.45, 2.75) is 96.6 Å². The predicted molar refractivity (Wildman–Crippen MR) is 163 cm³/mol. The number of rotatable bonds is 20. The number of carbonyl (C=O) groups excluding carboxylic acids is 2. The van der Waals surface area contributed by atoms with Crippen LogP contribution in [0.5, 0.6) is 0 Å². The third-order valence-corrected chi connectivity index (χ3v) is 7.09. The van der Waals surface area contributed by atoms with Crippen molar-refractivity contribution in [3.63, 3.8) is 0 Å². The zero-order chi connectivity index (χ0) is 32.3. The summed E-state index contributed by atoms with van der Waals surface area (Å²) in [6.07, 6.45) is 10.4. The van der Waals surface area contributed by atoms with Crippen LogP contribution in [0.15, 0.2) is 12.2 Å². The number of carbonyl (C=O) groups is 2. The quantitative estimate of drug-likeness (QED) is 0.125. The van der Waals surface area contributed by atoms with E-state index >= 15 is 0 Å². The Morgan fingerprint density at radius 3 is 2.12 bits per heavy atom. The van der Waals surface area contributed by atoms with Crippen LogP contribution in [0.25, 0.3) is 0 Å². The fourth-order valence-electron chi connectivity index (χ4n) is 5.13. The lowest BCUT2D eigenvalue weighted by molar-refractivity contribution is -0.128. The maximum absolute atomic E-state index is 13.5. The Morgan fingerprint density at radius 2 is 1.63 bits per heavy atom. The molecule has 1 aliphatic heterocycles. The van der Waals surface area contributed by atoms with Crippen molar-refractivity contribution in [1.29, 1.82) is 5.26 Å². The topological polar surface area (TPSA) is 129 Å². The Labute approximate surface area is 258 Å². The zero-order valence-electron chi connectivity index (χ0n) is 27.2. The normalized spacial score (nSPS) is 20.8. The fourth-order valence-corrected chi connectivity index (χ4v) is 5.13. The van der Waals surface area contributed by atoms with Crippen molar-refractivity contribution >= 4 is 12.0 Å². The Bertz CT molecular complexity index is 938. The molecule has 0 radical (unpaired) electrons. The summed E-state index contributed by atoms with van der Waals surface area (Å²) in [6, 6.07) is 0.393. The molecule has 1 N–H and O–H groups in total. The van der Waals surface area contributed by atoms with Crippen molar-refractivity contribution in [2.24, 2.45) is 5.92 Å². The van der Waals surface area contributed by atoms with E-state index in [1.807, 2.05) is 32.9 Å². The number of nitrogens with zero attached hydrogens (tertiary/aromatic N) is 2. The summed E-state index contributed by atoms with van der Waals surface area (Å²) in [7, 11) is 1.61. The first kappa shape index (κ1) is 38.4. The molecule has 2 amide bonds. The van der Waals surface area contributed by atoms with Gasteiger partial charge in [-0.05, 0) is 47.5 Å². The van der Waals surface area contributed by atoms with Crippen LogP contribution < -0.4 is 5.32 Å². The number of hydrogen-bond donors (Lipinski definition) is 1. The molecule has 0 spiro atoms. The summed E-state index contributed by atoms with van der Waals surface area (Å²) in [5.74, 6) is 1.96. The minimum atomic E-state index is -0.816. The van der Waals surface area contributed by atoms with Gasteiger partial charge in [-0.1, -0.05) is 31.4 Å². The smallest absolute Gasteiger partial charge is 0.411 e. The lowest BCUT2D eigenvalue weighted by Crippen LogP contribution is -2.64. The molecule has 11 heteroatoms. The van der Waals surface area contributed by atoms with Crippen LogP contribution in [0.3, 0.4) is 0 Å². The van der Waals surface area contributed by atoms with Crippen LogP contribution in [0.4, 0.5) is 4.79 Å². The van der Waals surface area contributed by atoms with Gasteiger partial charge in [-0.25, -0.2) is 4.79 Å². The molecule has 43 heavy (non-hydrogen) atoms. The molecule has 1 fully saturated rings. The van der Waals surface area contributed by atoms with E-state index in [0.717, 1.165) is 6.42 Å². The summed E-state index contributed by atoms with van der Waals surface area (Å²) in [4.78, 5) is 28.2. The summed E-state index contributed by atoms with van der Waals surface area (Å²) in [5.41, 5.74) is -1.57. The molecule has 0 aromatic carbocycles. The number of hydrogen-bond acceptors (Lipinski definition) is 9. The van der Waals surface area contributed by atoms with Crippen LogP contribution in [0, 0.1) is 29.6 Å². The molecule has 1 heterocycles. The molecule has 5 atom stereocenters. The summed E-state index contributed by atoms with van der Waals surface area (Å²) >= 11 is 0. The number of ether oxygens (including phenoxy) is 6. The second kappa shape index (κ2) is 20.3. The van der Waals surface area contributed by atoms with Crippen LogP contribution in [-0.4, -0.2) is 106 Å². The van der Waals surface area contributed by atoms with Gasteiger partial charge in [0.2, 0.25) is 5.91 Å². The first-order valence-electron chi connectivity index (χ1n) is 15.1. The van der Waals surface area contributed by atoms with Crippen molar-refractivity contribution in [1.82, 2.24) is 10.2 Å². The van der Waals surface area contributed by atoms with E-state index in [1.165, 1.54) is 4.90 Å². The molecule has 11 nitrogen and oxygen atoms in total. The monoisotopic (exact) mass is 607 g/mol. The van der Waals surface area contributed by atoms with E-state index < -0.39 is 35.4 Å². The molecule has 1 saturated heterocycles. The SMILES string of the molecule is C#CCOCCOCCOCCOCCC(=O)N[C@H]([C@H]1[C@H](/C=C\C)C[C@H](C#N)N1C(=O)OC(C)(C)C)[C@](C)(CCC)OC. The van der Waals surface area contributed by atoms with Crippen LogP contribution >= 0.6 is 0 Å². The average molecular weight is 608 g/mol. The van der Waals surface area contributed by atoms with Gasteiger partial charge in [0.25, 0.3) is 0 Å². The third-order valence-electron chi connectivity index (χ3n) is 7.09. The fraction of sp³-hybridized carbons (Fsp3) is 0.781. The van der Waals surface area contributed by atoms with E-state index in [0.29, 0.717) is 52.5 Å². The highest BCUT2D eigenvalue weighted by Crippen LogP contribution is 2.39. The third kappa shape index (κ3) is 13.7. The Hall–Kier alpha value is -2.67. The molecular formula is C32H53N3O8. The number of methoxy groups -OCH3 is 1. The molecule has 0 aromatic heterocycles. The molecule has 1 aliphatic rings. The Kier molecular flexibility index (Phi) is 18.1. The average Bonchev–Trinajstić information content (AvgIpc) is 3.31. The summed E-state index contributed by atoms with van der Waals surface area (Å²) in [5, 5.41) is 13.2. The molecule has 244 valence electrons. The zero-order valence-corrected chi connectivity index (χ0v) is 27.2. The minimum Gasteiger partial charge on any atom is -0.444 e. The second-order valence-corrected chi connectivity index (χ2v) is 11.6. The Balaban J connectivity index is 2.87. The highest BCUT2D eigenvalue weighted by atomic mass is 16.6. The van der Waals surface area contributed by atoms with Gasteiger partial charge in [-0.3, -0.25) is 9.69 Å². The largest absolute Gasteiger partial charge is 0.444 e. The van der Waals surface area contributed by atoms with E-state index in [1.54, 1.807) is 27.9 Å². The molecule has 0 aliphatic carbocycles. The van der Waals surface area contributed by atoms with Gasteiger partial charge >= 0.3 is 6.09 Å². The molecule has 0 bridgehead atoms. The van der Waals surface area contributed by atoms with Gasteiger partial charge in [-0.15, -0.1) is 6.42 Å². The van der Waals surface area contributed by atoms with Crippen LogP contribution in [0.1, 0.15) is 67.2 Å². The number of terminal acetylenes is 1. The number of likely N-dealkylation sites (tertiary alicyclic amines) is 1. The minimum absolute atomic E-state index is 0.109. The maximum atomic E-state index is 13.5. The summed E-state index contributed by atoms with van der Waals surface area (Å²) in [6.45, 7) is 14.1. The molecule has 0 unspecified atom stereocenters. The number of nitrogens with one attached hydrogen (secondary N) is 1. The summed E-state index contributed by atoms with van der Waals surface area (Å²) < 4.78 is 33.4. The maximum Gasteiger partial charge on any atom is 0.411 e. The standard InChI is InChI=1S/C32H53N3O8/c1-9-12-25-23-26(24-33)35(30(37)43-31(4,5)6)28(25)29(32(7,38-8)14-10-2)34-27(36)13-16-40-18-20-42-22-21-41-19-17-39-15-11-3/h3,9,12,25-26,28-29H,10,13-23H2,1-2,4-8H3,(H,34,36)/b12-9-/t25-,26-,28-,29-,32+/m1/s1. The number of amides is 2. The second-order valence-electron chi connectivity index (χ2n) is 11.6. The van der Waals surface area contributed by atoms with Gasteiger partial charge in [0.1, 0.15) is 18.2 Å². The van der Waals surface area contributed by atoms with Gasteiger partial charge in [0.15, 0.2) is 0 Å². The number of nitriles is 1. The number of allylic oxidation sites excluding steroid dienone is 1. The molecule has 0 saturated carbocycles. The van der Waals surface area contributed by atoms with Gasteiger partial charge in [-0.2, -0.15) is 5.26 Å². The van der Waals surface area contributed by atoms with Crippen molar-refractivity contribution in [3.8, 4) is 18.4 Å². The van der Waals surface area contributed by atoms with E-state index in [2.05, 4.69) is 17.3 Å². The van der Waals surface area contributed by atoms with E-state index in [9.17, 15) is 14.9 Å². The van der Waals surface area contributed by atoms with Crippen LogP contribution in [0.2, 0.25) is 0 Å². The Morgan fingerprint density at radius 1 is 1.05 bits per heavy atom. The van der Waals surface area contributed by atoms with Crippen molar-refractivity contribution < 1.29 is 38.0 Å². The first-order chi connectivity index (χ1) is 20.5. The van der Waals surface area contributed by atoms with Crippen molar-refractivity contribution in [2.75, 3.05) is 60.0 Å². The highest BCUT2D eigenvalue weighted by Gasteiger charge is 2.53. The van der Waals surface area contributed by atoms with E-state index in [-0.39, 0.29) is 31.5 Å². The van der Waals surface area contributed by atoms with Crippen LogP contribution in [-0.2, 0) is 33.2 Å². The molecular weight excluding hydrogens is 554 g/mol. The molecule has 1 rings (SSSR count). The van der Waals surface area contributed by atoms with Gasteiger partial charge < -0.3 is 33.7 Å². The van der Waals surface area contributed by atoms with Gasteiger partial charge in [0, 0.05) is 19.4 Å². The lowest BCUT2D eigenvalue weighted by Gasteiger charge is -2.44. The molecule has 0 aromatic rings. The predicted octanol–water partition coefficient (Wildman–Crippen LogP) is 3.86. The van der Waals surface area contributed by atoms with E-state index in [4.69, 9.17) is 34.8 Å². The lowest BCUT2D eigenvalue weighted by atomic mass is 9.80.